The van der Waals surface area contributed by atoms with Gasteiger partial charge in [-0.1, -0.05) is 12.1 Å². The van der Waals surface area contributed by atoms with Crippen LogP contribution in [-0.2, 0) is 6.54 Å². The molecule has 1 aliphatic heterocycles. The standard InChI is InChI=1S/C26H24FN5O/c27-21-4-1-3-18(15-21)23-7-6-19(16-30-23)26(33)31-22-9-13-32(14-10-22)17-20-8-12-28-24-5-2-11-29-25(20)24/h1-8,11-12,15-16,22H,9-10,13-14,17H2,(H,31,33). The third-order valence-electron chi connectivity index (χ3n) is 6.04. The van der Waals surface area contributed by atoms with E-state index in [1.165, 1.54) is 17.7 Å². The van der Waals surface area contributed by atoms with E-state index in [4.69, 9.17) is 0 Å². The first kappa shape index (κ1) is 21.2. The second-order valence-electron chi connectivity index (χ2n) is 8.31. The highest BCUT2D eigenvalue weighted by molar-refractivity contribution is 5.94. The van der Waals surface area contributed by atoms with E-state index in [1.54, 1.807) is 36.7 Å². The molecule has 0 aliphatic carbocycles. The van der Waals surface area contributed by atoms with Gasteiger partial charge in [-0.2, -0.15) is 0 Å². The molecule has 1 saturated heterocycles. The molecule has 0 unspecified atom stereocenters. The number of benzene rings is 1. The number of fused-ring (bicyclic) bond motifs is 1. The van der Waals surface area contributed by atoms with E-state index in [1.807, 2.05) is 24.4 Å². The van der Waals surface area contributed by atoms with E-state index in [0.29, 0.717) is 16.8 Å². The summed E-state index contributed by atoms with van der Waals surface area (Å²) in [6.45, 7) is 2.62. The van der Waals surface area contributed by atoms with Gasteiger partial charge in [-0.25, -0.2) is 4.39 Å². The van der Waals surface area contributed by atoms with Crippen LogP contribution in [0.5, 0.6) is 0 Å². The van der Waals surface area contributed by atoms with Gasteiger partial charge in [0.2, 0.25) is 0 Å². The van der Waals surface area contributed by atoms with Gasteiger partial charge in [0, 0.05) is 49.8 Å². The van der Waals surface area contributed by atoms with Crippen LogP contribution in [0.15, 0.2) is 73.2 Å². The minimum absolute atomic E-state index is 0.129. The van der Waals surface area contributed by atoms with Crippen molar-refractivity contribution in [3.63, 3.8) is 0 Å². The van der Waals surface area contributed by atoms with E-state index < -0.39 is 0 Å². The molecule has 1 aliphatic rings. The summed E-state index contributed by atoms with van der Waals surface area (Å²) >= 11 is 0. The minimum atomic E-state index is -0.309. The van der Waals surface area contributed by atoms with Crippen molar-refractivity contribution in [1.29, 1.82) is 0 Å². The number of carbonyl (C=O) groups excluding carboxylic acids is 1. The Balaban J connectivity index is 1.16. The molecule has 0 atom stereocenters. The van der Waals surface area contributed by atoms with E-state index in [9.17, 15) is 9.18 Å². The molecule has 0 spiro atoms. The second-order valence-corrected chi connectivity index (χ2v) is 8.31. The first-order valence-electron chi connectivity index (χ1n) is 11.1. The van der Waals surface area contributed by atoms with Crippen molar-refractivity contribution >= 4 is 16.9 Å². The van der Waals surface area contributed by atoms with Gasteiger partial charge in [0.15, 0.2) is 0 Å². The molecule has 4 heterocycles. The Hall–Kier alpha value is -3.71. The average Bonchev–Trinajstić information content (AvgIpc) is 2.85. The zero-order valence-corrected chi connectivity index (χ0v) is 18.1. The topological polar surface area (TPSA) is 71.0 Å². The number of rotatable bonds is 5. The summed E-state index contributed by atoms with van der Waals surface area (Å²) in [4.78, 5) is 28.3. The fourth-order valence-corrected chi connectivity index (χ4v) is 4.25. The molecule has 1 fully saturated rings. The molecular weight excluding hydrogens is 417 g/mol. The Morgan fingerprint density at radius 1 is 1.00 bits per heavy atom. The molecule has 0 bridgehead atoms. The van der Waals surface area contributed by atoms with Gasteiger partial charge in [-0.15, -0.1) is 0 Å². The summed E-state index contributed by atoms with van der Waals surface area (Å²) in [6.07, 6.45) is 6.95. The van der Waals surface area contributed by atoms with Crippen LogP contribution < -0.4 is 5.32 Å². The van der Waals surface area contributed by atoms with Crippen LogP contribution in [0.3, 0.4) is 0 Å². The van der Waals surface area contributed by atoms with Crippen LogP contribution in [-0.4, -0.2) is 44.9 Å². The average molecular weight is 442 g/mol. The summed E-state index contributed by atoms with van der Waals surface area (Å²) in [6, 6.07) is 15.8. The Morgan fingerprint density at radius 3 is 2.67 bits per heavy atom. The largest absolute Gasteiger partial charge is 0.349 e. The number of carbonyl (C=O) groups is 1. The molecule has 6 nitrogen and oxygen atoms in total. The van der Waals surface area contributed by atoms with Gasteiger partial charge >= 0.3 is 0 Å². The number of nitrogens with one attached hydrogen (secondary N) is 1. The van der Waals surface area contributed by atoms with Gasteiger partial charge in [0.05, 0.1) is 22.3 Å². The lowest BCUT2D eigenvalue weighted by atomic mass is 10.0. The summed E-state index contributed by atoms with van der Waals surface area (Å²) in [5, 5.41) is 3.13. The monoisotopic (exact) mass is 441 g/mol. The Bertz CT molecular complexity index is 1260. The van der Waals surface area contributed by atoms with Gasteiger partial charge < -0.3 is 5.32 Å². The molecular formula is C26H24FN5O. The van der Waals surface area contributed by atoms with Crippen LogP contribution in [0, 0.1) is 5.82 Å². The quantitative estimate of drug-likeness (QED) is 0.502. The zero-order chi connectivity index (χ0) is 22.6. The predicted octanol–water partition coefficient (Wildman–Crippen LogP) is 4.23. The van der Waals surface area contributed by atoms with Crippen molar-refractivity contribution in [2.75, 3.05) is 13.1 Å². The van der Waals surface area contributed by atoms with Gasteiger partial charge in [-0.05, 0) is 60.9 Å². The third kappa shape index (κ3) is 4.88. The summed E-state index contributed by atoms with van der Waals surface area (Å²) in [7, 11) is 0. The lowest BCUT2D eigenvalue weighted by Gasteiger charge is -2.32. The third-order valence-corrected chi connectivity index (χ3v) is 6.04. The maximum Gasteiger partial charge on any atom is 0.253 e. The van der Waals surface area contributed by atoms with Crippen molar-refractivity contribution in [3.8, 4) is 11.3 Å². The number of hydrogen-bond acceptors (Lipinski definition) is 5. The fraction of sp³-hybridized carbons (Fsp3) is 0.231. The van der Waals surface area contributed by atoms with Crippen LogP contribution in [0.4, 0.5) is 4.39 Å². The van der Waals surface area contributed by atoms with Crippen molar-refractivity contribution in [2.45, 2.75) is 25.4 Å². The molecule has 33 heavy (non-hydrogen) atoms. The zero-order valence-electron chi connectivity index (χ0n) is 18.1. The number of hydrogen-bond donors (Lipinski definition) is 1. The normalized spacial score (nSPS) is 14.9. The van der Waals surface area contributed by atoms with Crippen molar-refractivity contribution < 1.29 is 9.18 Å². The Kier molecular flexibility index (Phi) is 6.04. The first-order valence-corrected chi connectivity index (χ1v) is 11.1. The maximum atomic E-state index is 13.4. The number of likely N-dealkylation sites (tertiary alicyclic amines) is 1. The maximum absolute atomic E-state index is 13.4. The number of aromatic nitrogens is 3. The van der Waals surface area contributed by atoms with Crippen molar-refractivity contribution in [1.82, 2.24) is 25.2 Å². The van der Waals surface area contributed by atoms with Gasteiger partial charge in [0.25, 0.3) is 5.91 Å². The number of halogens is 1. The van der Waals surface area contributed by atoms with Gasteiger partial charge in [0.1, 0.15) is 5.82 Å². The fourth-order valence-electron chi connectivity index (χ4n) is 4.25. The number of piperidine rings is 1. The van der Waals surface area contributed by atoms with E-state index in [2.05, 4.69) is 25.2 Å². The molecule has 3 aromatic heterocycles. The molecule has 1 aromatic carbocycles. The van der Waals surface area contributed by atoms with Crippen LogP contribution in [0.2, 0.25) is 0 Å². The van der Waals surface area contributed by atoms with Gasteiger partial charge in [-0.3, -0.25) is 24.6 Å². The van der Waals surface area contributed by atoms with Crippen LogP contribution >= 0.6 is 0 Å². The smallest absolute Gasteiger partial charge is 0.253 e. The number of pyridine rings is 3. The highest BCUT2D eigenvalue weighted by Gasteiger charge is 2.22. The SMILES string of the molecule is O=C(NC1CCN(Cc2ccnc3cccnc23)CC1)c1ccc(-c2cccc(F)c2)nc1. The van der Waals surface area contributed by atoms with Crippen molar-refractivity contribution in [3.05, 3.63) is 90.1 Å². The summed E-state index contributed by atoms with van der Waals surface area (Å²) < 4.78 is 13.4. The van der Waals surface area contributed by atoms with Crippen LogP contribution in [0.25, 0.3) is 22.3 Å². The molecule has 166 valence electrons. The van der Waals surface area contributed by atoms with Crippen molar-refractivity contribution in [2.24, 2.45) is 0 Å². The highest BCUT2D eigenvalue weighted by atomic mass is 19.1. The van der Waals surface area contributed by atoms with E-state index in [-0.39, 0.29) is 17.8 Å². The second kappa shape index (κ2) is 9.42. The first-order chi connectivity index (χ1) is 16.2. The van der Waals surface area contributed by atoms with E-state index in [0.717, 1.165) is 43.5 Å². The molecule has 0 saturated carbocycles. The Morgan fingerprint density at radius 2 is 1.88 bits per heavy atom. The lowest BCUT2D eigenvalue weighted by molar-refractivity contribution is 0.0908. The predicted molar refractivity (Wildman–Crippen MR) is 125 cm³/mol. The van der Waals surface area contributed by atoms with E-state index >= 15 is 0 Å². The minimum Gasteiger partial charge on any atom is -0.349 e. The highest BCUT2D eigenvalue weighted by Crippen LogP contribution is 2.20. The molecule has 0 radical (unpaired) electrons. The lowest BCUT2D eigenvalue weighted by Crippen LogP contribution is -2.44. The van der Waals surface area contributed by atoms with Crippen LogP contribution in [0.1, 0.15) is 28.8 Å². The summed E-state index contributed by atoms with van der Waals surface area (Å²) in [5.41, 5.74) is 4.86. The molecule has 5 rings (SSSR count). The summed E-state index contributed by atoms with van der Waals surface area (Å²) in [5.74, 6) is -0.438. The molecule has 4 aromatic rings. The molecule has 1 amide bonds. The Labute approximate surface area is 191 Å². The molecule has 1 N–H and O–H groups in total. The molecule has 7 heteroatoms. The number of nitrogens with zero attached hydrogens (tertiary/aromatic N) is 4. The number of amides is 1.